The number of alkyl halides is 2. The summed E-state index contributed by atoms with van der Waals surface area (Å²) in [4.78, 5) is 23.1. The standard InChI is InChI=1S/C38H40F2N8O3.C8H14O2/c1-22-26(7-5-9-30(22)45-37-35-31(46-38(47-37)36(39)40)15-23(18-41-2)19-43-35)27-8-6-10-32-28(27)21-44-48(32)25-16-33(49-3)29(34(17-25)50-4)20-42-24-11-13-51-14-12-24;9-8(10)6-7-4-2-1-3-5-7/h5-10,15-17,19,21,24,36,41-42H,11-14,18,20H2,1-4H3,(H,45,46,47);7H,1-6H2,(H,9,10). The minimum Gasteiger partial charge on any atom is -0.496 e. The molecule has 15 heteroatoms. The van der Waals surface area contributed by atoms with Crippen molar-refractivity contribution in [1.82, 2.24) is 35.4 Å². The summed E-state index contributed by atoms with van der Waals surface area (Å²) in [5.74, 6) is 0.915. The molecule has 2 aliphatic rings. The van der Waals surface area contributed by atoms with Gasteiger partial charge in [0, 0.05) is 68.2 Å². The van der Waals surface area contributed by atoms with E-state index in [1.54, 1.807) is 26.5 Å². The molecule has 0 unspecified atom stereocenters. The molecule has 13 nitrogen and oxygen atoms in total. The fourth-order valence-corrected chi connectivity index (χ4v) is 8.30. The van der Waals surface area contributed by atoms with Gasteiger partial charge in [0.05, 0.1) is 42.7 Å². The van der Waals surface area contributed by atoms with Gasteiger partial charge in [0.1, 0.15) is 17.0 Å². The van der Waals surface area contributed by atoms with Crippen molar-refractivity contribution >= 4 is 39.4 Å². The summed E-state index contributed by atoms with van der Waals surface area (Å²) in [5, 5.41) is 24.2. The van der Waals surface area contributed by atoms with Gasteiger partial charge in [0.15, 0.2) is 11.6 Å². The summed E-state index contributed by atoms with van der Waals surface area (Å²) in [6.45, 7) is 4.64. The van der Waals surface area contributed by atoms with Crippen LogP contribution < -0.4 is 25.4 Å². The van der Waals surface area contributed by atoms with Gasteiger partial charge in [0.25, 0.3) is 6.43 Å². The number of hydrogen-bond acceptors (Lipinski definition) is 11. The fraction of sp³-hybridized carbons (Fsp3) is 0.413. The van der Waals surface area contributed by atoms with Gasteiger partial charge in [-0.25, -0.2) is 23.4 Å². The Morgan fingerprint density at radius 3 is 2.34 bits per heavy atom. The first-order chi connectivity index (χ1) is 29.7. The van der Waals surface area contributed by atoms with Crippen LogP contribution in [0.2, 0.25) is 0 Å². The van der Waals surface area contributed by atoms with Crippen LogP contribution in [0.1, 0.15) is 80.3 Å². The number of carboxylic acids is 1. The number of aromatic nitrogens is 5. The van der Waals surface area contributed by atoms with Gasteiger partial charge < -0.3 is 35.3 Å². The predicted octanol–water partition coefficient (Wildman–Crippen LogP) is 9.07. The molecule has 0 amide bonds. The van der Waals surface area contributed by atoms with E-state index in [9.17, 15) is 13.6 Å². The number of anilines is 2. The highest BCUT2D eigenvalue weighted by Crippen LogP contribution is 2.38. The highest BCUT2D eigenvalue weighted by Gasteiger charge is 2.22. The third kappa shape index (κ3) is 10.2. The number of carbonyl (C=O) groups is 1. The monoisotopic (exact) mass is 836 g/mol. The first kappa shape index (κ1) is 43.3. The molecule has 4 heterocycles. The average molecular weight is 837 g/mol. The lowest BCUT2D eigenvalue weighted by Crippen LogP contribution is -2.34. The molecule has 1 aliphatic heterocycles. The normalized spacial score (nSPS) is 14.9. The number of halogens is 2. The number of nitrogens with one attached hydrogen (secondary N) is 3. The molecule has 4 N–H and O–H groups in total. The van der Waals surface area contributed by atoms with Crippen molar-refractivity contribution in [1.29, 1.82) is 0 Å². The van der Waals surface area contributed by atoms with Crippen molar-refractivity contribution in [3.8, 4) is 28.3 Å². The molecule has 1 aliphatic carbocycles. The number of fused-ring (bicyclic) bond motifs is 2. The Labute approximate surface area is 354 Å². The number of rotatable bonds is 14. The molecule has 1 saturated carbocycles. The number of hydrogen-bond donors (Lipinski definition) is 4. The van der Waals surface area contributed by atoms with Gasteiger partial charge in [-0.05, 0) is 86.0 Å². The first-order valence-electron chi connectivity index (χ1n) is 20.9. The number of aliphatic carboxylic acids is 1. The lowest BCUT2D eigenvalue weighted by molar-refractivity contribution is -0.138. The van der Waals surface area contributed by atoms with E-state index in [2.05, 4.69) is 30.9 Å². The van der Waals surface area contributed by atoms with Gasteiger partial charge >= 0.3 is 5.97 Å². The van der Waals surface area contributed by atoms with E-state index in [1.807, 2.05) is 73.4 Å². The highest BCUT2D eigenvalue weighted by molar-refractivity contribution is 5.97. The maximum atomic E-state index is 13.9. The number of nitrogens with zero attached hydrogens (tertiary/aromatic N) is 5. The Hall–Kier alpha value is -5.77. The second-order valence-corrected chi connectivity index (χ2v) is 15.6. The zero-order valence-corrected chi connectivity index (χ0v) is 35.1. The lowest BCUT2D eigenvalue weighted by Gasteiger charge is -2.24. The minimum absolute atomic E-state index is 0.215. The zero-order valence-electron chi connectivity index (χ0n) is 35.1. The van der Waals surface area contributed by atoms with Crippen molar-refractivity contribution in [3.63, 3.8) is 0 Å². The molecule has 0 bridgehead atoms. The van der Waals surface area contributed by atoms with Crippen molar-refractivity contribution in [2.45, 2.75) is 83.8 Å². The first-order valence-corrected chi connectivity index (χ1v) is 20.9. The van der Waals surface area contributed by atoms with E-state index in [1.165, 1.54) is 19.3 Å². The Morgan fingerprint density at radius 1 is 0.934 bits per heavy atom. The number of benzene rings is 3. The van der Waals surface area contributed by atoms with E-state index in [-0.39, 0.29) is 5.82 Å². The van der Waals surface area contributed by atoms with Crippen molar-refractivity contribution in [3.05, 3.63) is 89.5 Å². The number of ether oxygens (including phenoxy) is 3. The molecule has 0 spiro atoms. The number of carboxylic acid groups (broad SMARTS) is 1. The maximum absolute atomic E-state index is 13.9. The Morgan fingerprint density at radius 2 is 1.66 bits per heavy atom. The summed E-state index contributed by atoms with van der Waals surface area (Å²) in [6.07, 6.45) is 9.06. The topological polar surface area (TPSA) is 158 Å². The molecule has 6 aromatic rings. The second kappa shape index (κ2) is 20.2. The van der Waals surface area contributed by atoms with Gasteiger partial charge in [-0.2, -0.15) is 5.10 Å². The van der Waals surface area contributed by atoms with Gasteiger partial charge in [-0.15, -0.1) is 0 Å². The molecule has 0 atom stereocenters. The zero-order chi connectivity index (χ0) is 42.9. The summed E-state index contributed by atoms with van der Waals surface area (Å²) in [5.41, 5.74) is 7.74. The third-order valence-corrected chi connectivity index (χ3v) is 11.5. The largest absolute Gasteiger partial charge is 0.496 e. The summed E-state index contributed by atoms with van der Waals surface area (Å²) >= 11 is 0. The smallest absolute Gasteiger partial charge is 0.303 e. The molecule has 3 aromatic heterocycles. The van der Waals surface area contributed by atoms with Gasteiger partial charge in [-0.1, -0.05) is 43.5 Å². The quantitative estimate of drug-likeness (QED) is 0.0827. The Bertz CT molecular complexity index is 2420. The predicted molar refractivity (Wildman–Crippen MR) is 232 cm³/mol. The Kier molecular flexibility index (Phi) is 14.3. The molecular formula is C46H54F2N8O5. The number of methoxy groups -OCH3 is 2. The molecule has 0 radical (unpaired) electrons. The summed E-state index contributed by atoms with van der Waals surface area (Å²) in [7, 11) is 5.13. The molecule has 2 fully saturated rings. The Balaban J connectivity index is 0.000000494. The van der Waals surface area contributed by atoms with E-state index >= 15 is 0 Å². The van der Waals surface area contributed by atoms with E-state index in [0.717, 1.165) is 83.3 Å². The highest BCUT2D eigenvalue weighted by atomic mass is 19.3. The van der Waals surface area contributed by atoms with Crippen LogP contribution in [0.3, 0.4) is 0 Å². The van der Waals surface area contributed by atoms with E-state index in [4.69, 9.17) is 24.4 Å². The fourth-order valence-electron chi connectivity index (χ4n) is 8.30. The van der Waals surface area contributed by atoms with Crippen molar-refractivity contribution in [2.75, 3.05) is 39.8 Å². The summed E-state index contributed by atoms with van der Waals surface area (Å²) < 4.78 is 46.9. The second-order valence-electron chi connectivity index (χ2n) is 15.6. The molecule has 3 aromatic carbocycles. The average Bonchev–Trinajstić information content (AvgIpc) is 3.71. The van der Waals surface area contributed by atoms with Crippen LogP contribution in [0.15, 0.2) is 67.0 Å². The van der Waals surface area contributed by atoms with E-state index in [0.29, 0.717) is 59.7 Å². The minimum atomic E-state index is -2.84. The lowest BCUT2D eigenvalue weighted by atomic mass is 9.87. The van der Waals surface area contributed by atoms with Crippen LogP contribution in [-0.2, 0) is 22.6 Å². The van der Waals surface area contributed by atoms with Crippen molar-refractivity contribution in [2.24, 2.45) is 5.92 Å². The van der Waals surface area contributed by atoms with Crippen LogP contribution in [0.4, 0.5) is 20.3 Å². The van der Waals surface area contributed by atoms with Crippen LogP contribution >= 0.6 is 0 Å². The molecule has 61 heavy (non-hydrogen) atoms. The van der Waals surface area contributed by atoms with Gasteiger partial charge in [-0.3, -0.25) is 9.78 Å². The van der Waals surface area contributed by atoms with Crippen LogP contribution in [0.25, 0.3) is 38.8 Å². The van der Waals surface area contributed by atoms with Gasteiger partial charge in [0.2, 0.25) is 0 Å². The van der Waals surface area contributed by atoms with Crippen molar-refractivity contribution < 1.29 is 32.9 Å². The summed E-state index contributed by atoms with van der Waals surface area (Å²) in [6, 6.07) is 18.0. The van der Waals surface area contributed by atoms with Crippen LogP contribution in [0.5, 0.6) is 11.5 Å². The third-order valence-electron chi connectivity index (χ3n) is 11.5. The molecule has 8 rings (SSSR count). The van der Waals surface area contributed by atoms with Crippen LogP contribution in [0, 0.1) is 12.8 Å². The van der Waals surface area contributed by atoms with E-state index < -0.39 is 18.2 Å². The molecular weight excluding hydrogens is 783 g/mol. The SMILES string of the molecule is CNCc1cnc2c(Nc3cccc(-c4cccc5c4cnn5-c4cc(OC)c(CNC5CCOCC5)c(OC)c4)c3C)nc(C(F)F)nc2c1.O=C(O)CC1CCCCC1. The number of pyridine rings is 1. The molecule has 322 valence electrons. The van der Waals surface area contributed by atoms with Crippen LogP contribution in [-0.4, -0.2) is 76.3 Å². The molecule has 1 saturated heterocycles. The maximum Gasteiger partial charge on any atom is 0.303 e.